The van der Waals surface area contributed by atoms with Gasteiger partial charge in [0.05, 0.1) is 18.3 Å². The van der Waals surface area contributed by atoms with Crippen LogP contribution < -0.4 is 11.2 Å². The molecule has 3 aromatic rings. The highest BCUT2D eigenvalue weighted by atomic mass is 19.1. The van der Waals surface area contributed by atoms with Gasteiger partial charge in [-0.3, -0.25) is 14.8 Å². The molecule has 2 aromatic carbocycles. The predicted molar refractivity (Wildman–Crippen MR) is 103 cm³/mol. The molecule has 144 valence electrons. The molecular weight excluding hydrogens is 365 g/mol. The summed E-state index contributed by atoms with van der Waals surface area (Å²) >= 11 is 0. The number of halogens is 1. The van der Waals surface area contributed by atoms with E-state index in [0.717, 1.165) is 28.5 Å². The average Bonchev–Trinajstić information content (AvgIpc) is 2.69. The number of aliphatic imine (C=N–C) groups is 1. The number of benzene rings is 2. The number of hydrogen-bond donors (Lipinski definition) is 3. The van der Waals surface area contributed by atoms with Crippen molar-refractivity contribution in [1.29, 1.82) is 0 Å². The van der Waals surface area contributed by atoms with Crippen LogP contribution in [0.4, 0.5) is 4.39 Å². The number of aromatic amines is 1. The minimum Gasteiger partial charge on any atom is -0.493 e. The Balaban J connectivity index is 1.96. The molecular formula is C20H18FN3O4. The molecule has 0 aliphatic carbocycles. The van der Waals surface area contributed by atoms with E-state index in [1.165, 1.54) is 12.1 Å². The third-order valence-electron chi connectivity index (χ3n) is 4.15. The highest BCUT2D eigenvalue weighted by Crippen LogP contribution is 2.16. The van der Waals surface area contributed by atoms with Gasteiger partial charge < -0.3 is 10.2 Å². The first kappa shape index (κ1) is 19.2. The number of hydrogen-bond acceptors (Lipinski definition) is 5. The normalized spacial score (nSPS) is 12.4. The number of aromatic hydroxyl groups is 1. The van der Waals surface area contributed by atoms with Gasteiger partial charge in [-0.15, -0.1) is 0 Å². The van der Waals surface area contributed by atoms with Gasteiger partial charge >= 0.3 is 5.69 Å². The van der Waals surface area contributed by atoms with Crippen LogP contribution in [0.1, 0.15) is 11.1 Å². The van der Waals surface area contributed by atoms with Crippen LogP contribution in [0.5, 0.6) is 5.88 Å². The summed E-state index contributed by atoms with van der Waals surface area (Å²) in [6, 6.07) is 13.7. The Hall–Kier alpha value is -3.52. The summed E-state index contributed by atoms with van der Waals surface area (Å²) < 4.78 is 14.0. The standard InChI is InChI=1S/C20H18FN3O4/c21-14-6-8-16(9-7-14)24-19(27)17(18(26)23-20(24)28)11-22-15(12-25)10-13-4-2-1-3-5-13/h1-9,11,15,25,27H,10,12H2,(H,23,26,28)/t15-/m1/s1. The summed E-state index contributed by atoms with van der Waals surface area (Å²) in [7, 11) is 0. The molecule has 0 bridgehead atoms. The van der Waals surface area contributed by atoms with Crippen LogP contribution in [-0.4, -0.2) is 38.6 Å². The first-order chi connectivity index (χ1) is 13.5. The Morgan fingerprint density at radius 3 is 2.43 bits per heavy atom. The zero-order chi connectivity index (χ0) is 20.1. The fourth-order valence-corrected chi connectivity index (χ4v) is 2.72. The van der Waals surface area contributed by atoms with Crippen molar-refractivity contribution in [3.63, 3.8) is 0 Å². The Labute approximate surface area is 159 Å². The number of aliphatic hydroxyl groups excluding tert-OH is 1. The Kier molecular flexibility index (Phi) is 5.81. The molecule has 8 heteroatoms. The van der Waals surface area contributed by atoms with Crippen LogP contribution in [0.2, 0.25) is 0 Å². The molecule has 0 aliphatic rings. The Morgan fingerprint density at radius 1 is 1.11 bits per heavy atom. The number of nitrogens with one attached hydrogen (secondary N) is 1. The molecule has 28 heavy (non-hydrogen) atoms. The van der Waals surface area contributed by atoms with E-state index in [0.29, 0.717) is 6.42 Å². The van der Waals surface area contributed by atoms with Gasteiger partial charge in [-0.05, 0) is 36.2 Å². The third kappa shape index (κ3) is 4.24. The molecule has 0 fully saturated rings. The predicted octanol–water partition coefficient (Wildman–Crippen LogP) is 1.39. The van der Waals surface area contributed by atoms with Gasteiger partial charge in [0.25, 0.3) is 5.56 Å². The molecule has 1 heterocycles. The first-order valence-corrected chi connectivity index (χ1v) is 8.52. The van der Waals surface area contributed by atoms with Crippen LogP contribution in [0.3, 0.4) is 0 Å². The van der Waals surface area contributed by atoms with E-state index in [4.69, 9.17) is 0 Å². The number of rotatable bonds is 6. The smallest absolute Gasteiger partial charge is 0.335 e. The van der Waals surface area contributed by atoms with Crippen molar-refractivity contribution in [1.82, 2.24) is 9.55 Å². The molecule has 7 nitrogen and oxygen atoms in total. The molecule has 0 saturated heterocycles. The molecule has 0 saturated carbocycles. The summed E-state index contributed by atoms with van der Waals surface area (Å²) in [6.07, 6.45) is 1.56. The zero-order valence-corrected chi connectivity index (χ0v) is 14.7. The van der Waals surface area contributed by atoms with Crippen LogP contribution in [0.15, 0.2) is 69.2 Å². The lowest BCUT2D eigenvalue weighted by Gasteiger charge is -2.11. The maximum atomic E-state index is 13.1. The maximum absolute atomic E-state index is 13.1. The van der Waals surface area contributed by atoms with Gasteiger partial charge in [-0.25, -0.2) is 13.8 Å². The number of nitrogens with zero attached hydrogens (tertiary/aromatic N) is 2. The van der Waals surface area contributed by atoms with Crippen LogP contribution in [-0.2, 0) is 6.42 Å². The lowest BCUT2D eigenvalue weighted by Crippen LogP contribution is -2.31. The molecule has 3 rings (SSSR count). The lowest BCUT2D eigenvalue weighted by molar-refractivity contribution is 0.266. The minimum atomic E-state index is -0.866. The maximum Gasteiger partial charge on any atom is 0.335 e. The minimum absolute atomic E-state index is 0.179. The number of aromatic nitrogens is 2. The summed E-state index contributed by atoms with van der Waals surface area (Å²) in [5.41, 5.74) is -0.795. The molecule has 0 unspecified atom stereocenters. The Morgan fingerprint density at radius 2 is 1.79 bits per heavy atom. The van der Waals surface area contributed by atoms with Crippen LogP contribution >= 0.6 is 0 Å². The van der Waals surface area contributed by atoms with Gasteiger partial charge in [0.1, 0.15) is 11.4 Å². The molecule has 0 amide bonds. The molecule has 0 aliphatic heterocycles. The van der Waals surface area contributed by atoms with E-state index in [9.17, 15) is 24.2 Å². The highest BCUT2D eigenvalue weighted by molar-refractivity contribution is 5.82. The largest absolute Gasteiger partial charge is 0.493 e. The molecule has 1 atom stereocenters. The van der Waals surface area contributed by atoms with Gasteiger partial charge in [0.2, 0.25) is 5.88 Å². The zero-order valence-electron chi connectivity index (χ0n) is 14.7. The van der Waals surface area contributed by atoms with E-state index >= 15 is 0 Å². The molecule has 3 N–H and O–H groups in total. The summed E-state index contributed by atoms with van der Waals surface area (Å²) in [5, 5.41) is 20.0. The van der Waals surface area contributed by atoms with E-state index < -0.39 is 29.0 Å². The highest BCUT2D eigenvalue weighted by Gasteiger charge is 2.15. The molecule has 0 radical (unpaired) electrons. The van der Waals surface area contributed by atoms with Crippen molar-refractivity contribution < 1.29 is 14.6 Å². The van der Waals surface area contributed by atoms with Crippen molar-refractivity contribution >= 4 is 6.21 Å². The number of aliphatic hydroxyl groups is 1. The summed E-state index contributed by atoms with van der Waals surface area (Å²) in [5.74, 6) is -1.13. The average molecular weight is 383 g/mol. The van der Waals surface area contributed by atoms with Crippen LogP contribution in [0.25, 0.3) is 5.69 Å². The van der Waals surface area contributed by atoms with E-state index in [1.807, 2.05) is 30.3 Å². The van der Waals surface area contributed by atoms with E-state index in [2.05, 4.69) is 9.98 Å². The van der Waals surface area contributed by atoms with E-state index in [-0.39, 0.29) is 17.9 Å². The van der Waals surface area contributed by atoms with Crippen molar-refractivity contribution in [2.45, 2.75) is 12.5 Å². The fourth-order valence-electron chi connectivity index (χ4n) is 2.72. The lowest BCUT2D eigenvalue weighted by atomic mass is 10.1. The van der Waals surface area contributed by atoms with Crippen molar-refractivity contribution in [2.24, 2.45) is 4.99 Å². The van der Waals surface area contributed by atoms with Gasteiger partial charge in [0.15, 0.2) is 0 Å². The SMILES string of the molecule is O=c1[nH]c(=O)n(-c2ccc(F)cc2)c(O)c1C=N[C@@H](CO)Cc1ccccc1. The fraction of sp³-hybridized carbons (Fsp3) is 0.150. The molecule has 1 aromatic heterocycles. The van der Waals surface area contributed by atoms with E-state index in [1.54, 1.807) is 0 Å². The quantitative estimate of drug-likeness (QED) is 0.559. The van der Waals surface area contributed by atoms with Crippen molar-refractivity contribution in [2.75, 3.05) is 6.61 Å². The third-order valence-corrected chi connectivity index (χ3v) is 4.15. The van der Waals surface area contributed by atoms with Crippen LogP contribution in [0, 0.1) is 5.82 Å². The van der Waals surface area contributed by atoms with Crippen molar-refractivity contribution in [3.8, 4) is 11.6 Å². The van der Waals surface area contributed by atoms with Crippen molar-refractivity contribution in [3.05, 3.63) is 92.4 Å². The summed E-state index contributed by atoms with van der Waals surface area (Å²) in [4.78, 5) is 30.5. The first-order valence-electron chi connectivity index (χ1n) is 8.52. The topological polar surface area (TPSA) is 108 Å². The molecule has 0 spiro atoms. The second-order valence-electron chi connectivity index (χ2n) is 6.11. The second kappa shape index (κ2) is 8.45. The second-order valence-corrected chi connectivity index (χ2v) is 6.11. The van der Waals surface area contributed by atoms with Gasteiger partial charge in [-0.2, -0.15) is 0 Å². The monoisotopic (exact) mass is 383 g/mol. The number of H-pyrrole nitrogens is 1. The van der Waals surface area contributed by atoms with Gasteiger partial charge in [0, 0.05) is 6.21 Å². The van der Waals surface area contributed by atoms with Gasteiger partial charge in [-0.1, -0.05) is 30.3 Å². The summed E-state index contributed by atoms with van der Waals surface area (Å²) in [6.45, 7) is -0.262. The Bertz CT molecular complexity index is 1090.